The summed E-state index contributed by atoms with van der Waals surface area (Å²) in [7, 11) is 0. The number of aryl methyl sites for hydroxylation is 2. The van der Waals surface area contributed by atoms with Gasteiger partial charge in [0, 0.05) is 10.6 Å². The normalized spacial score (nSPS) is 14.0. The third-order valence-electron chi connectivity index (χ3n) is 5.32. The van der Waals surface area contributed by atoms with E-state index in [1.807, 2.05) is 86.6 Å². The lowest BCUT2D eigenvalue weighted by Crippen LogP contribution is -2.32. The summed E-state index contributed by atoms with van der Waals surface area (Å²) < 4.78 is 0. The first-order chi connectivity index (χ1) is 15.3. The second kappa shape index (κ2) is 9.05. The van der Waals surface area contributed by atoms with Crippen LogP contribution in [0.2, 0.25) is 0 Å². The first-order valence-corrected chi connectivity index (χ1v) is 11.5. The molecule has 0 radical (unpaired) electrons. The third kappa shape index (κ3) is 4.48. The Bertz CT molecular complexity index is 1180. The zero-order chi connectivity index (χ0) is 22.8. The smallest absolute Gasteiger partial charge is 0.283 e. The Morgan fingerprint density at radius 2 is 1.44 bits per heavy atom. The van der Waals surface area contributed by atoms with Gasteiger partial charge in [-0.3, -0.25) is 9.59 Å². The van der Waals surface area contributed by atoms with E-state index >= 15 is 0 Å². The Labute approximate surface area is 193 Å². The fourth-order valence-corrected chi connectivity index (χ4v) is 4.68. The van der Waals surface area contributed by atoms with Gasteiger partial charge in [-0.15, -0.1) is 0 Å². The number of carbonyl (C=O) groups excluding carboxylic acids is 2. The molecule has 2 amide bonds. The number of nitrogens with one attached hydrogen (secondary N) is 1. The molecule has 5 heteroatoms. The second-order valence-corrected chi connectivity index (χ2v) is 9.40. The van der Waals surface area contributed by atoms with Crippen molar-refractivity contribution in [3.05, 3.63) is 100 Å². The number of benzene rings is 3. The minimum atomic E-state index is -0.341. The highest BCUT2D eigenvalue weighted by Crippen LogP contribution is 2.38. The van der Waals surface area contributed by atoms with E-state index in [2.05, 4.69) is 19.2 Å². The predicted molar refractivity (Wildman–Crippen MR) is 132 cm³/mol. The van der Waals surface area contributed by atoms with Crippen molar-refractivity contribution in [2.45, 2.75) is 38.5 Å². The standard InChI is InChI=1S/C27H26N2O2S/c1-17(2)20-10-12-21(13-11-20)28-24-25(32-23-8-6-5-7-9-23)27(31)29(26(24)30)22-15-18(3)14-19(4)16-22/h5-17,28H,1-4H3. The van der Waals surface area contributed by atoms with E-state index in [1.54, 1.807) is 0 Å². The number of imide groups is 1. The molecule has 1 N–H and O–H groups in total. The van der Waals surface area contributed by atoms with Gasteiger partial charge in [0.1, 0.15) is 10.6 Å². The molecular formula is C27H26N2O2S. The van der Waals surface area contributed by atoms with E-state index in [4.69, 9.17) is 0 Å². The molecule has 0 aliphatic carbocycles. The number of hydrogen-bond acceptors (Lipinski definition) is 4. The van der Waals surface area contributed by atoms with Crippen molar-refractivity contribution < 1.29 is 9.59 Å². The number of amides is 2. The lowest BCUT2D eigenvalue weighted by molar-refractivity contribution is -0.120. The van der Waals surface area contributed by atoms with Crippen LogP contribution in [0.1, 0.15) is 36.5 Å². The van der Waals surface area contributed by atoms with Crippen molar-refractivity contribution in [1.82, 2.24) is 0 Å². The van der Waals surface area contributed by atoms with Crippen molar-refractivity contribution in [2.75, 3.05) is 10.2 Å². The molecule has 3 aromatic rings. The van der Waals surface area contributed by atoms with Gasteiger partial charge in [-0.25, -0.2) is 4.90 Å². The number of hydrogen-bond donors (Lipinski definition) is 1. The van der Waals surface area contributed by atoms with Gasteiger partial charge in [-0.05, 0) is 72.9 Å². The van der Waals surface area contributed by atoms with Gasteiger partial charge in [0.05, 0.1) is 5.69 Å². The van der Waals surface area contributed by atoms with E-state index in [9.17, 15) is 9.59 Å². The van der Waals surface area contributed by atoms with Crippen LogP contribution in [0.3, 0.4) is 0 Å². The summed E-state index contributed by atoms with van der Waals surface area (Å²) in [6, 6.07) is 23.4. The van der Waals surface area contributed by atoms with E-state index < -0.39 is 0 Å². The van der Waals surface area contributed by atoms with Gasteiger partial charge in [-0.2, -0.15) is 0 Å². The monoisotopic (exact) mass is 442 g/mol. The number of thioether (sulfide) groups is 1. The van der Waals surface area contributed by atoms with Crippen LogP contribution in [-0.4, -0.2) is 11.8 Å². The zero-order valence-electron chi connectivity index (χ0n) is 18.7. The number of rotatable bonds is 6. The molecule has 3 aromatic carbocycles. The summed E-state index contributed by atoms with van der Waals surface area (Å²) >= 11 is 1.31. The highest BCUT2D eigenvalue weighted by Gasteiger charge is 2.40. The average Bonchev–Trinajstić information content (AvgIpc) is 2.98. The van der Waals surface area contributed by atoms with E-state index in [0.717, 1.165) is 21.7 Å². The Morgan fingerprint density at radius 3 is 2.03 bits per heavy atom. The van der Waals surface area contributed by atoms with Crippen molar-refractivity contribution in [1.29, 1.82) is 0 Å². The summed E-state index contributed by atoms with van der Waals surface area (Å²) in [5.41, 5.74) is 4.90. The van der Waals surface area contributed by atoms with Crippen LogP contribution in [0, 0.1) is 13.8 Å². The molecule has 1 aliphatic heterocycles. The Morgan fingerprint density at radius 1 is 0.812 bits per heavy atom. The topological polar surface area (TPSA) is 49.4 Å². The molecule has 0 atom stereocenters. The van der Waals surface area contributed by atoms with Crippen LogP contribution in [0.5, 0.6) is 0 Å². The van der Waals surface area contributed by atoms with Crippen molar-refractivity contribution in [2.24, 2.45) is 0 Å². The summed E-state index contributed by atoms with van der Waals surface area (Å²) in [6.07, 6.45) is 0. The Hall–Kier alpha value is -3.31. The largest absolute Gasteiger partial charge is 0.350 e. The first-order valence-electron chi connectivity index (χ1n) is 10.6. The van der Waals surface area contributed by atoms with Crippen LogP contribution in [0.25, 0.3) is 0 Å². The number of nitrogens with zero attached hydrogens (tertiary/aromatic N) is 1. The molecule has 0 unspecified atom stereocenters. The molecular weight excluding hydrogens is 416 g/mol. The fraction of sp³-hybridized carbons (Fsp3) is 0.185. The molecule has 0 bridgehead atoms. The molecule has 0 aromatic heterocycles. The molecule has 0 saturated carbocycles. The third-order valence-corrected chi connectivity index (χ3v) is 6.41. The maximum atomic E-state index is 13.5. The minimum absolute atomic E-state index is 0.306. The Balaban J connectivity index is 1.73. The van der Waals surface area contributed by atoms with E-state index in [-0.39, 0.29) is 11.8 Å². The number of anilines is 2. The van der Waals surface area contributed by atoms with Gasteiger partial charge in [0.25, 0.3) is 11.8 Å². The summed E-state index contributed by atoms with van der Waals surface area (Å²) in [5, 5.41) is 3.23. The van der Waals surface area contributed by atoms with Crippen LogP contribution in [0.4, 0.5) is 11.4 Å². The highest BCUT2D eigenvalue weighted by atomic mass is 32.2. The lowest BCUT2D eigenvalue weighted by Gasteiger charge is -2.17. The molecule has 0 spiro atoms. The molecule has 1 heterocycles. The lowest BCUT2D eigenvalue weighted by atomic mass is 10.0. The molecule has 162 valence electrons. The van der Waals surface area contributed by atoms with E-state index in [1.165, 1.54) is 22.2 Å². The van der Waals surface area contributed by atoms with E-state index in [0.29, 0.717) is 22.2 Å². The molecule has 1 aliphatic rings. The fourth-order valence-electron chi connectivity index (χ4n) is 3.73. The molecule has 4 rings (SSSR count). The van der Waals surface area contributed by atoms with Crippen LogP contribution in [-0.2, 0) is 9.59 Å². The molecule has 0 saturated heterocycles. The minimum Gasteiger partial charge on any atom is -0.350 e. The Kier molecular flexibility index (Phi) is 6.19. The van der Waals surface area contributed by atoms with Gasteiger partial charge in [-0.1, -0.05) is 62.0 Å². The van der Waals surface area contributed by atoms with Gasteiger partial charge in [0.15, 0.2) is 0 Å². The first kappa shape index (κ1) is 21.9. The zero-order valence-corrected chi connectivity index (χ0v) is 19.5. The summed E-state index contributed by atoms with van der Waals surface area (Å²) in [5.74, 6) is -0.233. The SMILES string of the molecule is Cc1cc(C)cc(N2C(=O)C(Nc3ccc(C(C)C)cc3)=C(Sc3ccccc3)C2=O)c1. The second-order valence-electron chi connectivity index (χ2n) is 8.31. The maximum Gasteiger partial charge on any atom is 0.283 e. The quantitative estimate of drug-likeness (QED) is 0.448. The van der Waals surface area contributed by atoms with Crippen LogP contribution in [0.15, 0.2) is 88.3 Å². The summed E-state index contributed by atoms with van der Waals surface area (Å²) in [6.45, 7) is 8.20. The van der Waals surface area contributed by atoms with Crippen LogP contribution >= 0.6 is 11.8 Å². The predicted octanol–water partition coefficient (Wildman–Crippen LogP) is 6.42. The molecule has 0 fully saturated rings. The molecule has 32 heavy (non-hydrogen) atoms. The maximum absolute atomic E-state index is 13.5. The van der Waals surface area contributed by atoms with Gasteiger partial charge < -0.3 is 5.32 Å². The van der Waals surface area contributed by atoms with Gasteiger partial charge >= 0.3 is 0 Å². The van der Waals surface area contributed by atoms with Crippen LogP contribution < -0.4 is 10.2 Å². The summed E-state index contributed by atoms with van der Waals surface area (Å²) in [4.78, 5) is 29.5. The van der Waals surface area contributed by atoms with Crippen molar-refractivity contribution >= 4 is 35.0 Å². The van der Waals surface area contributed by atoms with Gasteiger partial charge in [0.2, 0.25) is 0 Å². The van der Waals surface area contributed by atoms with Crippen molar-refractivity contribution in [3.8, 4) is 0 Å². The molecule has 4 nitrogen and oxygen atoms in total. The average molecular weight is 443 g/mol. The number of carbonyl (C=O) groups is 2. The van der Waals surface area contributed by atoms with Crippen molar-refractivity contribution in [3.63, 3.8) is 0 Å². The highest BCUT2D eigenvalue weighted by molar-refractivity contribution is 8.04.